The number of hydrogen-bond acceptors (Lipinski definition) is 4. The van der Waals surface area contributed by atoms with Crippen LogP contribution in [0.3, 0.4) is 0 Å². The van der Waals surface area contributed by atoms with E-state index in [-0.39, 0.29) is 12.2 Å². The van der Waals surface area contributed by atoms with E-state index >= 15 is 0 Å². The fourth-order valence-corrected chi connectivity index (χ4v) is 2.37. The summed E-state index contributed by atoms with van der Waals surface area (Å²) in [7, 11) is 0. The number of halogens is 1. The molecule has 5 nitrogen and oxygen atoms in total. The highest BCUT2D eigenvalue weighted by Crippen LogP contribution is 2.40. The van der Waals surface area contributed by atoms with Crippen LogP contribution in [0, 0.1) is 11.7 Å². The topological polar surface area (TPSA) is 62.1 Å². The van der Waals surface area contributed by atoms with Gasteiger partial charge in [0.2, 0.25) is 5.91 Å². The highest BCUT2D eigenvalue weighted by atomic mass is 19.1. The van der Waals surface area contributed by atoms with Crippen LogP contribution in [0.2, 0.25) is 0 Å². The number of imide groups is 1. The van der Waals surface area contributed by atoms with Crippen LogP contribution in [-0.2, 0) is 9.59 Å². The predicted octanol–water partition coefficient (Wildman–Crippen LogP) is 1.54. The molecule has 2 atom stereocenters. The van der Waals surface area contributed by atoms with Crippen LogP contribution in [0.5, 0.6) is 0 Å². The first-order chi connectivity index (χ1) is 8.55. The van der Waals surface area contributed by atoms with Gasteiger partial charge < -0.3 is 0 Å². The molecule has 0 aromatic heterocycles. The monoisotopic (exact) mass is 247 g/mol. The van der Waals surface area contributed by atoms with Gasteiger partial charge in [-0.25, -0.2) is 9.29 Å². The van der Waals surface area contributed by atoms with Gasteiger partial charge in [-0.3, -0.25) is 9.59 Å². The van der Waals surface area contributed by atoms with Gasteiger partial charge in [-0.1, -0.05) is 12.1 Å². The van der Waals surface area contributed by atoms with E-state index in [1.165, 1.54) is 18.2 Å². The van der Waals surface area contributed by atoms with Crippen molar-refractivity contribution in [3.05, 3.63) is 30.1 Å². The summed E-state index contributed by atoms with van der Waals surface area (Å²) >= 11 is 0. The number of fused-ring (bicyclic) bond motifs is 1. The van der Waals surface area contributed by atoms with Crippen molar-refractivity contribution in [1.82, 2.24) is 0 Å². The minimum atomic E-state index is -1.17. The minimum absolute atomic E-state index is 0.0154. The van der Waals surface area contributed by atoms with Crippen LogP contribution in [0.4, 0.5) is 10.1 Å². The second-order valence-electron chi connectivity index (χ2n) is 4.55. The lowest BCUT2D eigenvalue weighted by molar-refractivity contribution is -0.122. The number of carbonyl (C=O) groups excluding carboxylic acids is 2. The van der Waals surface area contributed by atoms with Gasteiger partial charge in [0, 0.05) is 0 Å². The molecular formula is C12H10FN3O2. The van der Waals surface area contributed by atoms with Gasteiger partial charge in [0.15, 0.2) is 5.54 Å². The number of rotatable bonds is 1. The summed E-state index contributed by atoms with van der Waals surface area (Å²) in [6.45, 7) is 1.75. The molecule has 1 fully saturated rings. The van der Waals surface area contributed by atoms with Crippen LogP contribution in [0.25, 0.3) is 0 Å². The molecule has 0 spiro atoms. The molecule has 3 rings (SSSR count). The van der Waals surface area contributed by atoms with Crippen LogP contribution < -0.4 is 4.90 Å². The van der Waals surface area contributed by atoms with Crippen molar-refractivity contribution in [3.63, 3.8) is 0 Å². The molecule has 2 heterocycles. The summed E-state index contributed by atoms with van der Waals surface area (Å²) < 4.78 is 13.7. The highest BCUT2D eigenvalue weighted by Gasteiger charge is 2.60. The molecule has 1 aromatic carbocycles. The Morgan fingerprint density at radius 3 is 2.78 bits per heavy atom. The van der Waals surface area contributed by atoms with Gasteiger partial charge in [-0.2, -0.15) is 10.2 Å². The van der Waals surface area contributed by atoms with Crippen molar-refractivity contribution >= 4 is 17.5 Å². The fourth-order valence-electron chi connectivity index (χ4n) is 2.37. The molecule has 0 N–H and O–H groups in total. The standard InChI is InChI=1S/C12H10FN3O2/c1-12-7(6-14-15-12)10(17)16(11(12)18)9-5-3-2-4-8(9)13/h2-5,7H,6H2,1H3. The second kappa shape index (κ2) is 3.44. The SMILES string of the molecule is CC12N=NCC1C(=O)N(c1ccccc1F)C2=O. The molecule has 0 radical (unpaired) electrons. The Hall–Kier alpha value is -2.11. The fraction of sp³-hybridized carbons (Fsp3) is 0.333. The maximum Gasteiger partial charge on any atom is 0.264 e. The summed E-state index contributed by atoms with van der Waals surface area (Å²) in [6, 6.07) is 5.71. The first-order valence-corrected chi connectivity index (χ1v) is 5.57. The zero-order valence-corrected chi connectivity index (χ0v) is 9.63. The van der Waals surface area contributed by atoms with Crippen LogP contribution in [0.1, 0.15) is 6.92 Å². The zero-order chi connectivity index (χ0) is 12.9. The number of nitrogens with zero attached hydrogens (tertiary/aromatic N) is 3. The molecule has 0 aliphatic carbocycles. The quantitative estimate of drug-likeness (QED) is 0.706. The Labute approximate surface area is 102 Å². The molecule has 0 bridgehead atoms. The molecule has 2 unspecified atom stereocenters. The summed E-state index contributed by atoms with van der Waals surface area (Å²) in [6.07, 6.45) is 0. The summed E-state index contributed by atoms with van der Waals surface area (Å²) in [5, 5.41) is 7.61. The summed E-state index contributed by atoms with van der Waals surface area (Å²) in [5.41, 5.74) is -1.18. The summed E-state index contributed by atoms with van der Waals surface area (Å²) in [5.74, 6) is -2.15. The number of azo groups is 1. The molecule has 0 saturated carbocycles. The maximum absolute atomic E-state index is 13.7. The van der Waals surface area contributed by atoms with Crippen molar-refractivity contribution in [2.75, 3.05) is 11.4 Å². The van der Waals surface area contributed by atoms with Gasteiger partial charge >= 0.3 is 0 Å². The average Bonchev–Trinajstić information content (AvgIpc) is 2.81. The van der Waals surface area contributed by atoms with Crippen molar-refractivity contribution in [1.29, 1.82) is 0 Å². The Kier molecular flexibility index (Phi) is 2.10. The number of carbonyl (C=O) groups is 2. The lowest BCUT2D eigenvalue weighted by atomic mass is 9.90. The third kappa shape index (κ3) is 1.20. The maximum atomic E-state index is 13.7. The Morgan fingerprint density at radius 1 is 1.39 bits per heavy atom. The zero-order valence-electron chi connectivity index (χ0n) is 9.63. The van der Waals surface area contributed by atoms with E-state index in [2.05, 4.69) is 10.2 Å². The van der Waals surface area contributed by atoms with E-state index in [9.17, 15) is 14.0 Å². The number of amides is 2. The first-order valence-electron chi connectivity index (χ1n) is 5.57. The molecule has 6 heteroatoms. The van der Waals surface area contributed by atoms with Crippen LogP contribution in [0.15, 0.2) is 34.5 Å². The molecule has 2 aliphatic rings. The molecule has 18 heavy (non-hydrogen) atoms. The Balaban J connectivity index is 2.11. The van der Waals surface area contributed by atoms with Crippen LogP contribution >= 0.6 is 0 Å². The smallest absolute Gasteiger partial charge is 0.264 e. The number of para-hydroxylation sites is 1. The third-order valence-corrected chi connectivity index (χ3v) is 3.47. The van der Waals surface area contributed by atoms with Crippen molar-refractivity contribution < 1.29 is 14.0 Å². The van der Waals surface area contributed by atoms with Gasteiger partial charge in [-0.05, 0) is 19.1 Å². The highest BCUT2D eigenvalue weighted by molar-refractivity contribution is 6.25. The van der Waals surface area contributed by atoms with Crippen molar-refractivity contribution in [2.45, 2.75) is 12.5 Å². The normalized spacial score (nSPS) is 30.1. The lowest BCUT2D eigenvalue weighted by Crippen LogP contribution is -2.37. The summed E-state index contributed by atoms with van der Waals surface area (Å²) in [4.78, 5) is 25.3. The van der Waals surface area contributed by atoms with E-state index in [0.29, 0.717) is 0 Å². The average molecular weight is 247 g/mol. The molecule has 1 aromatic rings. The molecule has 2 aliphatic heterocycles. The molecule has 2 amide bonds. The van der Waals surface area contributed by atoms with Gasteiger partial charge in [0.25, 0.3) is 5.91 Å². The number of benzene rings is 1. The van der Waals surface area contributed by atoms with Crippen molar-refractivity contribution in [2.24, 2.45) is 16.1 Å². The number of hydrogen-bond donors (Lipinski definition) is 0. The minimum Gasteiger partial charge on any atom is -0.274 e. The Bertz CT molecular complexity index is 586. The molecule has 1 saturated heterocycles. The van der Waals surface area contributed by atoms with E-state index in [0.717, 1.165) is 4.90 Å². The largest absolute Gasteiger partial charge is 0.274 e. The van der Waals surface area contributed by atoms with Gasteiger partial charge in [0.05, 0.1) is 18.2 Å². The van der Waals surface area contributed by atoms with Crippen LogP contribution in [-0.4, -0.2) is 23.9 Å². The van der Waals surface area contributed by atoms with Crippen molar-refractivity contribution in [3.8, 4) is 0 Å². The third-order valence-electron chi connectivity index (χ3n) is 3.47. The first kappa shape index (κ1) is 11.0. The molecule has 92 valence electrons. The van der Waals surface area contributed by atoms with E-state index in [1.54, 1.807) is 13.0 Å². The van der Waals surface area contributed by atoms with E-state index in [4.69, 9.17) is 0 Å². The molecular weight excluding hydrogens is 237 g/mol. The Morgan fingerprint density at radius 2 is 2.11 bits per heavy atom. The van der Waals surface area contributed by atoms with E-state index < -0.39 is 29.1 Å². The number of anilines is 1. The van der Waals surface area contributed by atoms with Gasteiger partial charge in [-0.15, -0.1) is 0 Å². The van der Waals surface area contributed by atoms with E-state index in [1.807, 2.05) is 0 Å². The second-order valence-corrected chi connectivity index (χ2v) is 4.55. The lowest BCUT2D eigenvalue weighted by Gasteiger charge is -2.17. The van der Waals surface area contributed by atoms with Gasteiger partial charge in [0.1, 0.15) is 5.82 Å². The predicted molar refractivity (Wildman–Crippen MR) is 60.5 cm³/mol.